The van der Waals surface area contributed by atoms with Crippen molar-refractivity contribution < 1.29 is 0 Å². The summed E-state index contributed by atoms with van der Waals surface area (Å²) in [4.78, 5) is 16.1. The van der Waals surface area contributed by atoms with Crippen LogP contribution in [0.4, 0.5) is 0 Å². The molecule has 0 saturated carbocycles. The van der Waals surface area contributed by atoms with Gasteiger partial charge in [-0.05, 0) is 80.8 Å². The van der Waals surface area contributed by atoms with Gasteiger partial charge in [0.05, 0.1) is 28.7 Å². The highest BCUT2D eigenvalue weighted by Gasteiger charge is 2.24. The molecular weight excluding hydrogens is 644 g/mol. The number of unbranched alkanes of at least 4 members (excludes halogenated alkanes) is 2. The third kappa shape index (κ3) is 7.33. The molecule has 0 aliphatic carbocycles. The van der Waals surface area contributed by atoms with Gasteiger partial charge < -0.3 is 0 Å². The molecule has 0 amide bonds. The van der Waals surface area contributed by atoms with Crippen molar-refractivity contribution in [3.8, 4) is 19.5 Å². The predicted molar refractivity (Wildman–Crippen MR) is 173 cm³/mol. The van der Waals surface area contributed by atoms with Gasteiger partial charge in [-0.3, -0.25) is 0 Å². The quantitative estimate of drug-likeness (QED) is 0.132. The van der Waals surface area contributed by atoms with E-state index in [2.05, 4.69) is 83.8 Å². The van der Waals surface area contributed by atoms with Crippen LogP contribution in [0.15, 0.2) is 31.8 Å². The van der Waals surface area contributed by atoms with E-state index in [0.717, 1.165) is 31.4 Å². The number of thiophene rings is 3. The molecule has 0 spiro atoms. The van der Waals surface area contributed by atoms with Crippen molar-refractivity contribution in [1.82, 2.24) is 9.97 Å². The first-order valence-corrected chi connectivity index (χ1v) is 17.8. The smallest absolute Gasteiger partial charge is 0.109 e. The van der Waals surface area contributed by atoms with Gasteiger partial charge in [0.25, 0.3) is 0 Å². The highest BCUT2D eigenvalue weighted by Crippen LogP contribution is 2.47. The lowest BCUT2D eigenvalue weighted by molar-refractivity contribution is 0.427. The van der Waals surface area contributed by atoms with Crippen LogP contribution in [0.3, 0.4) is 0 Å². The number of fused-ring (bicyclic) bond motifs is 1. The molecule has 0 bridgehead atoms. The van der Waals surface area contributed by atoms with Crippen molar-refractivity contribution in [3.05, 3.63) is 43.2 Å². The van der Waals surface area contributed by atoms with E-state index in [0.29, 0.717) is 11.8 Å². The minimum Gasteiger partial charge on any atom is -0.248 e. The average molecular weight is 683 g/mol. The number of aromatic nitrogens is 2. The van der Waals surface area contributed by atoms with Crippen molar-refractivity contribution in [2.45, 2.75) is 91.9 Å². The zero-order valence-corrected chi connectivity index (χ0v) is 28.0. The molecule has 200 valence electrons. The molecular formula is C30H38Br2N2S3. The Morgan fingerprint density at radius 3 is 1.41 bits per heavy atom. The fourth-order valence-corrected chi connectivity index (χ4v) is 9.16. The summed E-state index contributed by atoms with van der Waals surface area (Å²) in [5.74, 6) is 1.35. The molecule has 0 aromatic carbocycles. The van der Waals surface area contributed by atoms with Crippen LogP contribution < -0.4 is 0 Å². The molecule has 2 nitrogen and oxygen atoms in total. The Morgan fingerprint density at radius 1 is 0.649 bits per heavy atom. The average Bonchev–Trinajstić information content (AvgIpc) is 3.62. The summed E-state index contributed by atoms with van der Waals surface area (Å²) in [6, 6.07) is 8.73. The van der Waals surface area contributed by atoms with Crippen molar-refractivity contribution in [3.63, 3.8) is 0 Å². The fraction of sp³-hybridized carbons (Fsp3) is 0.533. The van der Waals surface area contributed by atoms with E-state index in [1.807, 2.05) is 11.3 Å². The van der Waals surface area contributed by atoms with E-state index in [-0.39, 0.29) is 0 Å². The third-order valence-electron chi connectivity index (χ3n) is 7.33. The van der Waals surface area contributed by atoms with Gasteiger partial charge in [-0.15, -0.1) is 34.0 Å². The summed E-state index contributed by atoms with van der Waals surface area (Å²) < 4.78 is 2.31. The minimum absolute atomic E-state index is 0.673. The number of halogens is 2. The van der Waals surface area contributed by atoms with Crippen molar-refractivity contribution in [2.75, 3.05) is 0 Å². The molecule has 4 heterocycles. The molecule has 0 aliphatic rings. The second kappa shape index (κ2) is 14.2. The highest BCUT2D eigenvalue weighted by atomic mass is 79.9. The Kier molecular flexibility index (Phi) is 11.2. The Balaban J connectivity index is 1.87. The van der Waals surface area contributed by atoms with E-state index in [9.17, 15) is 0 Å². The molecule has 0 N–H and O–H groups in total. The zero-order valence-electron chi connectivity index (χ0n) is 22.4. The molecule has 0 aliphatic heterocycles. The summed E-state index contributed by atoms with van der Waals surface area (Å²) in [5.41, 5.74) is 4.67. The Bertz CT molecular complexity index is 1190. The highest BCUT2D eigenvalue weighted by molar-refractivity contribution is 9.11. The number of nitrogens with zero attached hydrogens (tertiary/aromatic N) is 2. The van der Waals surface area contributed by atoms with Gasteiger partial charge in [-0.25, -0.2) is 9.97 Å². The normalized spacial score (nSPS) is 13.5. The van der Waals surface area contributed by atoms with Crippen LogP contribution in [0.2, 0.25) is 0 Å². The van der Waals surface area contributed by atoms with Crippen molar-refractivity contribution >= 4 is 76.9 Å². The van der Waals surface area contributed by atoms with Crippen LogP contribution in [0, 0.1) is 11.8 Å². The molecule has 4 rings (SSSR count). The topological polar surface area (TPSA) is 25.8 Å². The van der Waals surface area contributed by atoms with Gasteiger partial charge in [-0.2, -0.15) is 0 Å². The van der Waals surface area contributed by atoms with Crippen LogP contribution in [0.25, 0.3) is 30.5 Å². The Labute approximate surface area is 251 Å². The molecule has 4 aromatic rings. The molecule has 4 aromatic heterocycles. The van der Waals surface area contributed by atoms with E-state index in [1.54, 1.807) is 22.7 Å². The summed E-state index contributed by atoms with van der Waals surface area (Å²) in [6.07, 6.45) is 12.2. The molecule has 0 saturated heterocycles. The third-order valence-corrected chi connectivity index (χ3v) is 12.1. The van der Waals surface area contributed by atoms with Gasteiger partial charge >= 0.3 is 0 Å². The van der Waals surface area contributed by atoms with Gasteiger partial charge in [0.2, 0.25) is 0 Å². The van der Waals surface area contributed by atoms with Crippen LogP contribution in [0.5, 0.6) is 0 Å². The maximum absolute atomic E-state index is 5.51. The number of hydrogen-bond donors (Lipinski definition) is 0. The lowest BCUT2D eigenvalue weighted by atomic mass is 9.89. The minimum atomic E-state index is 0.673. The maximum Gasteiger partial charge on any atom is 0.109 e. The Morgan fingerprint density at radius 2 is 1.08 bits per heavy atom. The van der Waals surface area contributed by atoms with Gasteiger partial charge in [0.1, 0.15) is 11.0 Å². The zero-order chi connectivity index (χ0) is 26.4. The maximum atomic E-state index is 5.51. The van der Waals surface area contributed by atoms with Crippen LogP contribution >= 0.6 is 65.9 Å². The Hall–Kier alpha value is -0.600. The summed E-state index contributed by atoms with van der Waals surface area (Å²) in [6.45, 7) is 9.28. The lowest BCUT2D eigenvalue weighted by Crippen LogP contribution is -2.13. The largest absolute Gasteiger partial charge is 0.248 e. The first-order valence-electron chi connectivity index (χ1n) is 13.8. The van der Waals surface area contributed by atoms with Gasteiger partial charge in [0.15, 0.2) is 0 Å². The van der Waals surface area contributed by atoms with E-state index < -0.39 is 0 Å². The van der Waals surface area contributed by atoms with Crippen LogP contribution in [-0.2, 0) is 12.8 Å². The molecule has 7 heteroatoms. The standard InChI is InChI=1S/C30H38Br2N2S3/c1-5-9-11-19(7-3)17-21-22(18-20(8-4)12-10-6-2)34-28-27(33-21)29(23-13-15-25(31)35-23)37-30(28)24-14-16-26(32)36-24/h13-16,19-20H,5-12,17-18H2,1-4H3. The van der Waals surface area contributed by atoms with Crippen molar-refractivity contribution in [1.29, 1.82) is 0 Å². The molecule has 2 unspecified atom stereocenters. The summed E-state index contributed by atoms with van der Waals surface area (Å²) in [5, 5.41) is 0. The first-order chi connectivity index (χ1) is 18.0. The number of rotatable bonds is 14. The molecule has 0 fully saturated rings. The van der Waals surface area contributed by atoms with Crippen LogP contribution in [-0.4, -0.2) is 9.97 Å². The van der Waals surface area contributed by atoms with E-state index in [1.165, 1.54) is 82.3 Å². The second-order valence-corrected chi connectivity index (χ2v) is 16.0. The van der Waals surface area contributed by atoms with Crippen molar-refractivity contribution in [2.24, 2.45) is 11.8 Å². The second-order valence-electron chi connectivity index (χ2n) is 10.0. The monoisotopic (exact) mass is 680 g/mol. The van der Waals surface area contributed by atoms with Gasteiger partial charge in [-0.1, -0.05) is 79.1 Å². The SMILES string of the molecule is CCCCC(CC)Cc1nc2c(-c3ccc(Br)s3)sc(-c3ccc(Br)s3)c2nc1CC(CC)CCCC. The summed E-state index contributed by atoms with van der Waals surface area (Å²) >= 11 is 12.8. The molecule has 0 radical (unpaired) electrons. The lowest BCUT2D eigenvalue weighted by Gasteiger charge is -2.19. The number of hydrogen-bond acceptors (Lipinski definition) is 5. The summed E-state index contributed by atoms with van der Waals surface area (Å²) in [7, 11) is 0. The first kappa shape index (κ1) is 29.4. The molecule has 2 atom stereocenters. The van der Waals surface area contributed by atoms with Gasteiger partial charge in [0, 0.05) is 9.75 Å². The van der Waals surface area contributed by atoms with Crippen LogP contribution in [0.1, 0.15) is 90.4 Å². The van der Waals surface area contributed by atoms with E-state index >= 15 is 0 Å². The molecule has 37 heavy (non-hydrogen) atoms. The fourth-order valence-electron chi connectivity index (χ4n) is 4.99. The van der Waals surface area contributed by atoms with E-state index in [4.69, 9.17) is 9.97 Å². The predicted octanol–water partition coefficient (Wildman–Crippen LogP) is 12.2.